The largest absolute Gasteiger partial charge is 0.381 e. The highest BCUT2D eigenvalue weighted by molar-refractivity contribution is 6.29. The molecule has 3 heteroatoms. The molecule has 0 atom stereocenters. The Labute approximate surface area is 112 Å². The first kappa shape index (κ1) is 11.5. The highest BCUT2D eigenvalue weighted by atomic mass is 35.5. The molecule has 1 fully saturated rings. The highest BCUT2D eigenvalue weighted by Crippen LogP contribution is 2.38. The van der Waals surface area contributed by atoms with Crippen molar-refractivity contribution < 1.29 is 0 Å². The first-order chi connectivity index (χ1) is 8.81. The third-order valence-electron chi connectivity index (χ3n) is 3.51. The minimum atomic E-state index is 0.538. The third-order valence-corrected chi connectivity index (χ3v) is 3.73. The van der Waals surface area contributed by atoms with E-state index in [1.54, 1.807) is 6.20 Å². The molecule has 1 aliphatic carbocycles. The molecule has 0 unspecified atom stereocenters. The fraction of sp³-hybridized carbons (Fsp3) is 0.267. The maximum Gasteiger partial charge on any atom is 0.129 e. The van der Waals surface area contributed by atoms with Crippen molar-refractivity contribution in [1.29, 1.82) is 0 Å². The van der Waals surface area contributed by atoms with Crippen molar-refractivity contribution in [3.63, 3.8) is 0 Å². The van der Waals surface area contributed by atoms with E-state index in [4.69, 9.17) is 11.6 Å². The van der Waals surface area contributed by atoms with Crippen LogP contribution < -0.4 is 5.32 Å². The Morgan fingerprint density at radius 3 is 2.50 bits per heavy atom. The molecule has 18 heavy (non-hydrogen) atoms. The molecule has 1 N–H and O–H groups in total. The summed E-state index contributed by atoms with van der Waals surface area (Å²) >= 11 is 5.76. The minimum absolute atomic E-state index is 0.538. The zero-order valence-corrected chi connectivity index (χ0v) is 10.8. The summed E-state index contributed by atoms with van der Waals surface area (Å²) in [6, 6.07) is 15.1. The van der Waals surface area contributed by atoms with Gasteiger partial charge in [-0.3, -0.25) is 0 Å². The van der Waals surface area contributed by atoms with Crippen molar-refractivity contribution in [2.24, 2.45) is 0 Å². The molecule has 1 heterocycles. The average Bonchev–Trinajstić information content (AvgIpc) is 2.36. The van der Waals surface area contributed by atoms with Crippen molar-refractivity contribution in [1.82, 2.24) is 4.98 Å². The predicted molar refractivity (Wildman–Crippen MR) is 75.1 cm³/mol. The lowest BCUT2D eigenvalue weighted by molar-refractivity contribution is 0.374. The normalized spacial score (nSPS) is 22.3. The molecule has 0 amide bonds. The van der Waals surface area contributed by atoms with E-state index in [2.05, 4.69) is 40.6 Å². The van der Waals surface area contributed by atoms with Gasteiger partial charge in [-0.05, 0) is 36.5 Å². The first-order valence-electron chi connectivity index (χ1n) is 6.24. The number of benzene rings is 1. The molecule has 0 saturated heterocycles. The molecular weight excluding hydrogens is 244 g/mol. The van der Waals surface area contributed by atoms with E-state index in [1.165, 1.54) is 18.4 Å². The van der Waals surface area contributed by atoms with Gasteiger partial charge in [-0.25, -0.2) is 4.98 Å². The van der Waals surface area contributed by atoms with Gasteiger partial charge in [0.2, 0.25) is 0 Å². The topological polar surface area (TPSA) is 24.9 Å². The van der Waals surface area contributed by atoms with Crippen LogP contribution in [0.25, 0.3) is 0 Å². The summed E-state index contributed by atoms with van der Waals surface area (Å²) in [5, 5.41) is 4.02. The Balaban J connectivity index is 1.55. The van der Waals surface area contributed by atoms with Crippen LogP contribution in [0, 0.1) is 0 Å². The molecule has 0 spiro atoms. The number of hydrogen-bond acceptors (Lipinski definition) is 2. The maximum atomic E-state index is 5.76. The molecule has 1 aromatic heterocycles. The Morgan fingerprint density at radius 2 is 1.83 bits per heavy atom. The second-order valence-electron chi connectivity index (χ2n) is 4.79. The number of nitrogens with zero attached hydrogens (tertiary/aromatic N) is 1. The summed E-state index contributed by atoms with van der Waals surface area (Å²) in [4.78, 5) is 4.07. The van der Waals surface area contributed by atoms with Crippen LogP contribution in [0.15, 0.2) is 48.7 Å². The summed E-state index contributed by atoms with van der Waals surface area (Å²) in [5.41, 5.74) is 2.50. The number of rotatable bonds is 3. The molecule has 92 valence electrons. The van der Waals surface area contributed by atoms with Crippen LogP contribution in [0.2, 0.25) is 5.15 Å². The van der Waals surface area contributed by atoms with Gasteiger partial charge in [-0.1, -0.05) is 41.9 Å². The molecule has 1 saturated carbocycles. The fourth-order valence-corrected chi connectivity index (χ4v) is 2.54. The quantitative estimate of drug-likeness (QED) is 0.839. The number of anilines is 1. The van der Waals surface area contributed by atoms with E-state index in [0.717, 1.165) is 5.69 Å². The second kappa shape index (κ2) is 4.99. The van der Waals surface area contributed by atoms with Crippen LogP contribution in [0.4, 0.5) is 5.69 Å². The number of halogens is 1. The van der Waals surface area contributed by atoms with Gasteiger partial charge in [0.05, 0.1) is 11.9 Å². The van der Waals surface area contributed by atoms with E-state index in [1.807, 2.05) is 12.1 Å². The Kier molecular flexibility index (Phi) is 3.20. The summed E-state index contributed by atoms with van der Waals surface area (Å²) in [6.07, 6.45) is 4.16. The van der Waals surface area contributed by atoms with E-state index in [-0.39, 0.29) is 0 Å². The third kappa shape index (κ3) is 2.49. The summed E-state index contributed by atoms with van der Waals surface area (Å²) in [7, 11) is 0. The van der Waals surface area contributed by atoms with Gasteiger partial charge < -0.3 is 5.32 Å². The minimum Gasteiger partial charge on any atom is -0.381 e. The summed E-state index contributed by atoms with van der Waals surface area (Å²) < 4.78 is 0. The molecular formula is C15H15ClN2. The van der Waals surface area contributed by atoms with E-state index < -0.39 is 0 Å². The molecule has 2 aromatic rings. The monoisotopic (exact) mass is 258 g/mol. The number of aromatic nitrogens is 1. The van der Waals surface area contributed by atoms with E-state index in [9.17, 15) is 0 Å². The zero-order valence-electron chi connectivity index (χ0n) is 10.0. The summed E-state index contributed by atoms with van der Waals surface area (Å²) in [6.45, 7) is 0. The molecule has 0 aliphatic heterocycles. The Morgan fingerprint density at radius 1 is 1.06 bits per heavy atom. The maximum absolute atomic E-state index is 5.76. The van der Waals surface area contributed by atoms with Gasteiger partial charge in [0.25, 0.3) is 0 Å². The van der Waals surface area contributed by atoms with Gasteiger partial charge in [0.1, 0.15) is 5.15 Å². The van der Waals surface area contributed by atoms with Crippen LogP contribution in [0.1, 0.15) is 24.3 Å². The molecule has 0 bridgehead atoms. The average molecular weight is 259 g/mol. The number of hydrogen-bond donors (Lipinski definition) is 1. The van der Waals surface area contributed by atoms with Crippen LogP contribution in [-0.2, 0) is 0 Å². The van der Waals surface area contributed by atoms with Crippen LogP contribution in [0.5, 0.6) is 0 Å². The van der Waals surface area contributed by atoms with Crippen molar-refractivity contribution in [2.75, 3.05) is 5.32 Å². The number of pyridine rings is 1. The van der Waals surface area contributed by atoms with Gasteiger partial charge >= 0.3 is 0 Å². The van der Waals surface area contributed by atoms with Gasteiger partial charge in [-0.15, -0.1) is 0 Å². The van der Waals surface area contributed by atoms with Crippen molar-refractivity contribution in [3.05, 3.63) is 59.4 Å². The van der Waals surface area contributed by atoms with Crippen LogP contribution in [0.3, 0.4) is 0 Å². The lowest BCUT2D eigenvalue weighted by atomic mass is 9.76. The van der Waals surface area contributed by atoms with Gasteiger partial charge in [0, 0.05) is 6.04 Å². The molecule has 3 rings (SSSR count). The van der Waals surface area contributed by atoms with Crippen LogP contribution >= 0.6 is 11.6 Å². The van der Waals surface area contributed by atoms with Gasteiger partial charge in [0.15, 0.2) is 0 Å². The van der Waals surface area contributed by atoms with E-state index >= 15 is 0 Å². The predicted octanol–water partition coefficient (Wildman–Crippen LogP) is 4.09. The molecule has 1 aliphatic rings. The SMILES string of the molecule is Clc1ccc(NC2CC(c3ccccc3)C2)cn1. The van der Waals surface area contributed by atoms with Crippen molar-refractivity contribution in [3.8, 4) is 0 Å². The van der Waals surface area contributed by atoms with Crippen molar-refractivity contribution >= 4 is 17.3 Å². The first-order valence-corrected chi connectivity index (χ1v) is 6.62. The lowest BCUT2D eigenvalue weighted by Crippen LogP contribution is -2.33. The van der Waals surface area contributed by atoms with Crippen LogP contribution in [-0.4, -0.2) is 11.0 Å². The van der Waals surface area contributed by atoms with Crippen molar-refractivity contribution in [2.45, 2.75) is 24.8 Å². The number of nitrogens with one attached hydrogen (secondary N) is 1. The van der Waals surface area contributed by atoms with Gasteiger partial charge in [-0.2, -0.15) is 0 Å². The molecule has 1 aromatic carbocycles. The zero-order chi connectivity index (χ0) is 12.4. The second-order valence-corrected chi connectivity index (χ2v) is 5.18. The summed E-state index contributed by atoms with van der Waals surface area (Å²) in [5.74, 6) is 0.698. The molecule has 2 nitrogen and oxygen atoms in total. The lowest BCUT2D eigenvalue weighted by Gasteiger charge is -2.36. The Hall–Kier alpha value is -1.54. The molecule has 0 radical (unpaired) electrons. The standard InChI is InChI=1S/C15H15ClN2/c16-15-7-6-13(10-17-15)18-14-8-12(9-14)11-4-2-1-3-5-11/h1-7,10,12,14,18H,8-9H2. The smallest absolute Gasteiger partial charge is 0.129 e. The fourth-order valence-electron chi connectivity index (χ4n) is 2.43. The van der Waals surface area contributed by atoms with E-state index in [0.29, 0.717) is 17.1 Å². The Bertz CT molecular complexity index is 504. The highest BCUT2D eigenvalue weighted by Gasteiger charge is 2.29.